The Balaban J connectivity index is 2.37. The van der Waals surface area contributed by atoms with Crippen LogP contribution in [0.15, 0.2) is 46.6 Å². The molecule has 0 atom stereocenters. The number of carbonyl (C=O) groups excluding carboxylic acids is 1. The summed E-state index contributed by atoms with van der Waals surface area (Å²) >= 11 is 0. The van der Waals surface area contributed by atoms with E-state index in [0.717, 1.165) is 19.3 Å². The van der Waals surface area contributed by atoms with Crippen LogP contribution >= 0.6 is 0 Å². The van der Waals surface area contributed by atoms with Crippen LogP contribution in [0.2, 0.25) is 0 Å². The Morgan fingerprint density at radius 1 is 1.25 bits per heavy atom. The quantitative estimate of drug-likeness (QED) is 0.681. The van der Waals surface area contributed by atoms with Gasteiger partial charge >= 0.3 is 0 Å². The Labute approximate surface area is 97.2 Å². The van der Waals surface area contributed by atoms with Crippen molar-refractivity contribution in [2.75, 3.05) is 0 Å². The van der Waals surface area contributed by atoms with Crippen molar-refractivity contribution in [3.05, 3.63) is 46.6 Å². The van der Waals surface area contributed by atoms with Crippen LogP contribution in [0.5, 0.6) is 0 Å². The summed E-state index contributed by atoms with van der Waals surface area (Å²) in [5.74, 6) is 0.251. The molecule has 2 aliphatic rings. The van der Waals surface area contributed by atoms with Crippen LogP contribution in [-0.4, -0.2) is 5.78 Å². The first-order chi connectivity index (χ1) is 7.72. The Kier molecular flexibility index (Phi) is 3.23. The van der Waals surface area contributed by atoms with Gasteiger partial charge in [0, 0.05) is 6.42 Å². The number of carbonyl (C=O) groups is 1. The third-order valence-corrected chi connectivity index (χ3v) is 3.20. The van der Waals surface area contributed by atoms with Crippen molar-refractivity contribution in [1.82, 2.24) is 0 Å². The van der Waals surface area contributed by atoms with Crippen molar-refractivity contribution in [1.29, 1.82) is 0 Å². The molecule has 2 rings (SSSR count). The highest BCUT2D eigenvalue weighted by atomic mass is 16.1. The minimum atomic E-state index is 0.251. The molecule has 2 aliphatic carbocycles. The molecule has 0 radical (unpaired) electrons. The van der Waals surface area contributed by atoms with Gasteiger partial charge in [-0.2, -0.15) is 0 Å². The summed E-state index contributed by atoms with van der Waals surface area (Å²) in [6.07, 6.45) is 12.8. The Hall–Kier alpha value is -1.37. The van der Waals surface area contributed by atoms with Gasteiger partial charge in [0.25, 0.3) is 0 Å². The first-order valence-electron chi connectivity index (χ1n) is 5.97. The zero-order valence-electron chi connectivity index (χ0n) is 10.0. The van der Waals surface area contributed by atoms with Crippen molar-refractivity contribution < 1.29 is 4.79 Å². The summed E-state index contributed by atoms with van der Waals surface area (Å²) < 4.78 is 0. The number of hydrogen-bond donors (Lipinski definition) is 0. The maximum atomic E-state index is 11.2. The number of hydrogen-bond acceptors (Lipinski definition) is 1. The van der Waals surface area contributed by atoms with Gasteiger partial charge in [-0.15, -0.1) is 0 Å². The Morgan fingerprint density at radius 3 is 2.56 bits per heavy atom. The van der Waals surface area contributed by atoms with E-state index in [-0.39, 0.29) is 5.78 Å². The molecule has 0 amide bonds. The van der Waals surface area contributed by atoms with Crippen LogP contribution < -0.4 is 0 Å². The van der Waals surface area contributed by atoms with E-state index in [1.54, 1.807) is 6.92 Å². The number of allylic oxidation sites excluding steroid dienone is 8. The fourth-order valence-electron chi connectivity index (χ4n) is 2.45. The van der Waals surface area contributed by atoms with E-state index in [1.807, 2.05) is 0 Å². The van der Waals surface area contributed by atoms with Crippen LogP contribution in [0, 0.1) is 0 Å². The smallest absolute Gasteiger partial charge is 0.134 e. The normalized spacial score (nSPS) is 22.1. The van der Waals surface area contributed by atoms with E-state index >= 15 is 0 Å². The second-order valence-corrected chi connectivity index (χ2v) is 4.44. The topological polar surface area (TPSA) is 17.1 Å². The lowest BCUT2D eigenvalue weighted by Crippen LogP contribution is -2.09. The molecule has 0 saturated carbocycles. The van der Waals surface area contributed by atoms with Crippen LogP contribution in [0.1, 0.15) is 39.5 Å². The largest absolute Gasteiger partial charge is 0.300 e. The third kappa shape index (κ3) is 2.08. The highest BCUT2D eigenvalue weighted by Gasteiger charge is 2.20. The zero-order valence-corrected chi connectivity index (χ0v) is 10.0. The number of ketones is 1. The van der Waals surface area contributed by atoms with E-state index in [1.165, 1.54) is 22.3 Å². The SMILES string of the molecule is CC=C1CC=C(CC(C)=O)C2=CCCC=C12. The second kappa shape index (κ2) is 4.65. The van der Waals surface area contributed by atoms with E-state index in [2.05, 4.69) is 31.2 Å². The van der Waals surface area contributed by atoms with Crippen LogP contribution in [0.4, 0.5) is 0 Å². The van der Waals surface area contributed by atoms with Crippen molar-refractivity contribution in [2.24, 2.45) is 0 Å². The lowest BCUT2D eigenvalue weighted by atomic mass is 9.79. The molecule has 0 aromatic rings. The standard InChI is InChI=1S/C15H18O/c1-3-12-8-9-13(10-11(2)16)15-7-5-4-6-14(12)15/h3,6-7,9H,4-5,8,10H2,1-2H3. The first kappa shape index (κ1) is 11.1. The average Bonchev–Trinajstić information content (AvgIpc) is 2.29. The van der Waals surface area contributed by atoms with E-state index in [4.69, 9.17) is 0 Å². The van der Waals surface area contributed by atoms with Crippen LogP contribution in [0.3, 0.4) is 0 Å². The zero-order chi connectivity index (χ0) is 11.5. The average molecular weight is 214 g/mol. The fraction of sp³-hybridized carbons (Fsp3) is 0.400. The predicted octanol–water partition coefficient (Wildman–Crippen LogP) is 3.89. The molecule has 1 nitrogen and oxygen atoms in total. The second-order valence-electron chi connectivity index (χ2n) is 4.44. The monoisotopic (exact) mass is 214 g/mol. The molecule has 0 saturated heterocycles. The summed E-state index contributed by atoms with van der Waals surface area (Å²) in [4.78, 5) is 11.2. The predicted molar refractivity (Wildman–Crippen MR) is 67.2 cm³/mol. The van der Waals surface area contributed by atoms with Gasteiger partial charge in [0.2, 0.25) is 0 Å². The van der Waals surface area contributed by atoms with Gasteiger partial charge in [-0.25, -0.2) is 0 Å². The van der Waals surface area contributed by atoms with E-state index in [9.17, 15) is 4.79 Å². The summed E-state index contributed by atoms with van der Waals surface area (Å²) in [6.45, 7) is 3.75. The van der Waals surface area contributed by atoms with E-state index < -0.39 is 0 Å². The summed E-state index contributed by atoms with van der Waals surface area (Å²) in [5.41, 5.74) is 5.30. The van der Waals surface area contributed by atoms with Gasteiger partial charge in [-0.05, 0) is 55.4 Å². The molecule has 84 valence electrons. The molecule has 0 spiro atoms. The molecule has 0 heterocycles. The summed E-state index contributed by atoms with van der Waals surface area (Å²) in [5, 5.41) is 0. The molecule has 0 fully saturated rings. The summed E-state index contributed by atoms with van der Waals surface area (Å²) in [6, 6.07) is 0. The van der Waals surface area contributed by atoms with Gasteiger partial charge in [-0.1, -0.05) is 24.3 Å². The maximum Gasteiger partial charge on any atom is 0.134 e. The maximum absolute atomic E-state index is 11.2. The Bertz CT molecular complexity index is 430. The molecular weight excluding hydrogens is 196 g/mol. The fourth-order valence-corrected chi connectivity index (χ4v) is 2.45. The van der Waals surface area contributed by atoms with Crippen LogP contribution in [0.25, 0.3) is 0 Å². The van der Waals surface area contributed by atoms with Gasteiger partial charge in [0.05, 0.1) is 0 Å². The number of fused-ring (bicyclic) bond motifs is 1. The number of rotatable bonds is 2. The van der Waals surface area contributed by atoms with Crippen LogP contribution in [-0.2, 0) is 4.79 Å². The number of Topliss-reactive ketones (excluding diaryl/α,β-unsaturated/α-hetero) is 1. The third-order valence-electron chi connectivity index (χ3n) is 3.20. The lowest BCUT2D eigenvalue weighted by molar-refractivity contribution is -0.116. The molecular formula is C15H18O. The van der Waals surface area contributed by atoms with Crippen molar-refractivity contribution >= 4 is 5.78 Å². The van der Waals surface area contributed by atoms with Crippen molar-refractivity contribution in [3.63, 3.8) is 0 Å². The van der Waals surface area contributed by atoms with Crippen molar-refractivity contribution in [2.45, 2.75) is 39.5 Å². The molecule has 0 bridgehead atoms. The molecule has 0 aromatic carbocycles. The molecule has 0 unspecified atom stereocenters. The minimum Gasteiger partial charge on any atom is -0.300 e. The highest BCUT2D eigenvalue weighted by molar-refractivity contribution is 5.81. The first-order valence-corrected chi connectivity index (χ1v) is 5.97. The van der Waals surface area contributed by atoms with Crippen molar-refractivity contribution in [3.8, 4) is 0 Å². The molecule has 0 N–H and O–H groups in total. The Morgan fingerprint density at radius 2 is 1.94 bits per heavy atom. The van der Waals surface area contributed by atoms with Gasteiger partial charge in [0.1, 0.15) is 5.78 Å². The van der Waals surface area contributed by atoms with E-state index in [0.29, 0.717) is 6.42 Å². The molecule has 0 aromatic heterocycles. The lowest BCUT2D eigenvalue weighted by Gasteiger charge is -2.25. The molecule has 0 aliphatic heterocycles. The summed E-state index contributed by atoms with van der Waals surface area (Å²) in [7, 11) is 0. The molecule has 1 heteroatoms. The van der Waals surface area contributed by atoms with Gasteiger partial charge in [0.15, 0.2) is 0 Å². The van der Waals surface area contributed by atoms with Gasteiger partial charge in [-0.3, -0.25) is 4.79 Å². The molecule has 16 heavy (non-hydrogen) atoms. The minimum absolute atomic E-state index is 0.251. The van der Waals surface area contributed by atoms with Gasteiger partial charge < -0.3 is 0 Å². The highest BCUT2D eigenvalue weighted by Crippen LogP contribution is 2.38.